The predicted molar refractivity (Wildman–Crippen MR) is 62.1 cm³/mol. The molecule has 0 aromatic carbocycles. The number of amides is 1. The quantitative estimate of drug-likeness (QED) is 0.783. The first-order valence-corrected chi connectivity index (χ1v) is 5.20. The van der Waals surface area contributed by atoms with Crippen molar-refractivity contribution < 1.29 is 9.53 Å². The minimum atomic E-state index is -0.458. The summed E-state index contributed by atoms with van der Waals surface area (Å²) in [5.41, 5.74) is 5.45. The van der Waals surface area contributed by atoms with Crippen LogP contribution >= 0.6 is 12.4 Å². The van der Waals surface area contributed by atoms with E-state index in [0.717, 1.165) is 19.5 Å². The number of piperidine rings is 1. The van der Waals surface area contributed by atoms with Crippen molar-refractivity contribution in [3.63, 3.8) is 0 Å². The highest BCUT2D eigenvalue weighted by Gasteiger charge is 2.26. The maximum absolute atomic E-state index is 11.8. The van der Waals surface area contributed by atoms with Crippen LogP contribution in [0.2, 0.25) is 0 Å². The molecule has 2 atom stereocenters. The van der Waals surface area contributed by atoms with E-state index in [1.54, 1.807) is 0 Å². The molecule has 0 aromatic rings. The molecule has 1 amide bonds. The molecule has 1 rings (SSSR count). The fourth-order valence-electron chi connectivity index (χ4n) is 1.89. The van der Waals surface area contributed by atoms with Crippen LogP contribution in [0.3, 0.4) is 0 Å². The van der Waals surface area contributed by atoms with Gasteiger partial charge in [0.15, 0.2) is 0 Å². The summed E-state index contributed by atoms with van der Waals surface area (Å²) in [7, 11) is 1.53. The van der Waals surface area contributed by atoms with Crippen molar-refractivity contribution in [3.05, 3.63) is 0 Å². The average molecular weight is 237 g/mol. The topological polar surface area (TPSA) is 55.6 Å². The Bertz CT molecular complexity index is 198. The summed E-state index contributed by atoms with van der Waals surface area (Å²) in [4.78, 5) is 13.7. The Labute approximate surface area is 97.5 Å². The van der Waals surface area contributed by atoms with Gasteiger partial charge in [0, 0.05) is 26.7 Å². The van der Waals surface area contributed by atoms with Gasteiger partial charge in [-0.15, -0.1) is 12.4 Å². The molecule has 4 nitrogen and oxygen atoms in total. The van der Waals surface area contributed by atoms with Crippen molar-refractivity contribution >= 4 is 18.3 Å². The van der Waals surface area contributed by atoms with Crippen molar-refractivity contribution in [2.45, 2.75) is 25.9 Å². The molecule has 1 fully saturated rings. The lowest BCUT2D eigenvalue weighted by Gasteiger charge is -2.32. The molecule has 0 aliphatic carbocycles. The van der Waals surface area contributed by atoms with Crippen LogP contribution in [-0.2, 0) is 9.53 Å². The van der Waals surface area contributed by atoms with Gasteiger partial charge >= 0.3 is 0 Å². The molecule has 15 heavy (non-hydrogen) atoms. The number of carbonyl (C=O) groups is 1. The van der Waals surface area contributed by atoms with Crippen LogP contribution in [0.4, 0.5) is 0 Å². The Morgan fingerprint density at radius 3 is 2.80 bits per heavy atom. The predicted octanol–water partition coefficient (Wildman–Crippen LogP) is 0.640. The van der Waals surface area contributed by atoms with E-state index in [4.69, 9.17) is 10.5 Å². The van der Waals surface area contributed by atoms with Gasteiger partial charge in [-0.05, 0) is 18.8 Å². The molecule has 0 bridgehead atoms. The normalized spacial score (nSPS) is 23.1. The van der Waals surface area contributed by atoms with Crippen molar-refractivity contribution in [2.24, 2.45) is 11.7 Å². The minimum absolute atomic E-state index is 0. The monoisotopic (exact) mass is 236 g/mol. The number of halogens is 1. The lowest BCUT2D eigenvalue weighted by atomic mass is 10.00. The van der Waals surface area contributed by atoms with E-state index in [9.17, 15) is 4.79 Å². The number of hydrogen-bond donors (Lipinski definition) is 1. The number of methoxy groups -OCH3 is 1. The van der Waals surface area contributed by atoms with E-state index in [1.165, 1.54) is 13.5 Å². The van der Waals surface area contributed by atoms with Gasteiger partial charge in [-0.1, -0.05) is 6.92 Å². The molecule has 90 valence electrons. The summed E-state index contributed by atoms with van der Waals surface area (Å²) < 4.78 is 5.03. The number of hydrogen-bond acceptors (Lipinski definition) is 3. The lowest BCUT2D eigenvalue weighted by Crippen LogP contribution is -2.47. The van der Waals surface area contributed by atoms with Crippen LogP contribution in [0.25, 0.3) is 0 Å². The summed E-state index contributed by atoms with van der Waals surface area (Å²) in [6.45, 7) is 4.13. The second-order valence-corrected chi connectivity index (χ2v) is 3.99. The van der Waals surface area contributed by atoms with Crippen LogP contribution in [-0.4, -0.2) is 43.7 Å². The molecule has 0 aromatic heterocycles. The first kappa shape index (κ1) is 14.7. The Hall–Kier alpha value is -0.320. The third-order valence-electron chi connectivity index (χ3n) is 2.74. The van der Waals surface area contributed by atoms with Gasteiger partial charge in [-0.3, -0.25) is 4.79 Å². The molecule has 2 N–H and O–H groups in total. The molecule has 2 unspecified atom stereocenters. The van der Waals surface area contributed by atoms with Gasteiger partial charge in [-0.25, -0.2) is 0 Å². The number of rotatable bonds is 3. The Morgan fingerprint density at radius 1 is 1.67 bits per heavy atom. The van der Waals surface area contributed by atoms with Gasteiger partial charge in [-0.2, -0.15) is 0 Å². The molecule has 1 heterocycles. The minimum Gasteiger partial charge on any atom is -0.370 e. The van der Waals surface area contributed by atoms with Gasteiger partial charge < -0.3 is 15.4 Å². The van der Waals surface area contributed by atoms with Crippen LogP contribution < -0.4 is 5.73 Å². The second-order valence-electron chi connectivity index (χ2n) is 3.99. The smallest absolute Gasteiger partial charge is 0.253 e. The van der Waals surface area contributed by atoms with Crippen molar-refractivity contribution in [1.82, 2.24) is 4.90 Å². The van der Waals surface area contributed by atoms with Crippen molar-refractivity contribution in [1.29, 1.82) is 0 Å². The highest BCUT2D eigenvalue weighted by atomic mass is 35.5. The van der Waals surface area contributed by atoms with Gasteiger partial charge in [0.25, 0.3) is 5.91 Å². The van der Waals surface area contributed by atoms with Gasteiger partial charge in [0.1, 0.15) is 6.10 Å². The summed E-state index contributed by atoms with van der Waals surface area (Å²) in [5, 5.41) is 0. The zero-order valence-corrected chi connectivity index (χ0v) is 10.3. The van der Waals surface area contributed by atoms with Crippen molar-refractivity contribution in [2.75, 3.05) is 26.7 Å². The maximum Gasteiger partial charge on any atom is 0.253 e. The summed E-state index contributed by atoms with van der Waals surface area (Å²) in [5.74, 6) is 0.643. The van der Waals surface area contributed by atoms with E-state index in [1.807, 2.05) is 4.90 Å². The lowest BCUT2D eigenvalue weighted by molar-refractivity contribution is -0.143. The molecule has 0 saturated carbocycles. The molecular weight excluding hydrogens is 216 g/mol. The number of ether oxygens (including phenoxy) is 1. The van der Waals surface area contributed by atoms with E-state index < -0.39 is 6.10 Å². The molecule has 5 heteroatoms. The first-order chi connectivity index (χ1) is 6.69. The Balaban J connectivity index is 0.00000196. The molecule has 0 radical (unpaired) electrons. The summed E-state index contributed by atoms with van der Waals surface area (Å²) in [6, 6.07) is 0. The Morgan fingerprint density at radius 2 is 2.33 bits per heavy atom. The fraction of sp³-hybridized carbons (Fsp3) is 0.900. The average Bonchev–Trinajstić information content (AvgIpc) is 2.19. The number of nitrogens with zero attached hydrogens (tertiary/aromatic N) is 1. The first-order valence-electron chi connectivity index (χ1n) is 5.20. The molecule has 1 saturated heterocycles. The van der Waals surface area contributed by atoms with Crippen LogP contribution in [0.5, 0.6) is 0 Å². The maximum atomic E-state index is 11.8. The van der Waals surface area contributed by atoms with E-state index >= 15 is 0 Å². The number of likely N-dealkylation sites (tertiary alicyclic amines) is 1. The SMILES string of the molecule is COC(CN)C(=O)N1CCCC(C)C1.Cl. The van der Waals surface area contributed by atoms with Gasteiger partial charge in [0.05, 0.1) is 0 Å². The van der Waals surface area contributed by atoms with Crippen LogP contribution in [0, 0.1) is 5.92 Å². The highest BCUT2D eigenvalue weighted by molar-refractivity contribution is 5.85. The fourth-order valence-corrected chi connectivity index (χ4v) is 1.89. The van der Waals surface area contributed by atoms with Crippen LogP contribution in [0.15, 0.2) is 0 Å². The third-order valence-corrected chi connectivity index (χ3v) is 2.74. The molecular formula is C10H21ClN2O2. The second kappa shape index (κ2) is 7.04. The molecule has 1 aliphatic heterocycles. The molecule has 0 spiro atoms. The number of nitrogens with two attached hydrogens (primary N) is 1. The highest BCUT2D eigenvalue weighted by Crippen LogP contribution is 2.16. The standard InChI is InChI=1S/C10H20N2O2.ClH/c1-8-4-3-5-12(7-8)10(13)9(6-11)14-2;/h8-9H,3-7,11H2,1-2H3;1H. The zero-order chi connectivity index (χ0) is 10.6. The van der Waals surface area contributed by atoms with E-state index in [-0.39, 0.29) is 24.9 Å². The van der Waals surface area contributed by atoms with E-state index in [2.05, 4.69) is 6.92 Å². The third kappa shape index (κ3) is 3.97. The zero-order valence-electron chi connectivity index (χ0n) is 9.44. The largest absolute Gasteiger partial charge is 0.370 e. The molecule has 1 aliphatic rings. The van der Waals surface area contributed by atoms with Gasteiger partial charge in [0.2, 0.25) is 0 Å². The van der Waals surface area contributed by atoms with Crippen LogP contribution in [0.1, 0.15) is 19.8 Å². The summed E-state index contributed by atoms with van der Waals surface area (Å²) in [6.07, 6.45) is 1.85. The van der Waals surface area contributed by atoms with E-state index in [0.29, 0.717) is 5.92 Å². The van der Waals surface area contributed by atoms with Crippen molar-refractivity contribution in [3.8, 4) is 0 Å². The number of carbonyl (C=O) groups excluding carboxylic acids is 1. The Kier molecular flexibility index (Phi) is 6.89. The summed E-state index contributed by atoms with van der Waals surface area (Å²) >= 11 is 0.